The van der Waals surface area contributed by atoms with Crippen molar-refractivity contribution in [3.63, 3.8) is 0 Å². The van der Waals surface area contributed by atoms with Gasteiger partial charge < -0.3 is 10.2 Å². The van der Waals surface area contributed by atoms with Crippen molar-refractivity contribution in [1.82, 2.24) is 20.0 Å². The Morgan fingerprint density at radius 1 is 1.29 bits per heavy atom. The summed E-state index contributed by atoms with van der Waals surface area (Å²) in [5.41, 5.74) is 1.92. The first-order chi connectivity index (χ1) is 11.6. The first kappa shape index (κ1) is 16.8. The Morgan fingerprint density at radius 2 is 2.08 bits per heavy atom. The molecule has 0 radical (unpaired) electrons. The maximum absolute atomic E-state index is 12.3. The molecular formula is C18H23ClN4O. The molecule has 6 heteroatoms. The first-order valence-electron chi connectivity index (χ1n) is 8.44. The molecule has 1 aliphatic rings. The number of aromatic nitrogens is 2. The van der Waals surface area contributed by atoms with Crippen LogP contribution in [0.1, 0.15) is 31.7 Å². The lowest BCUT2D eigenvalue weighted by Crippen LogP contribution is -2.40. The molecule has 1 saturated heterocycles. The van der Waals surface area contributed by atoms with Gasteiger partial charge in [-0.3, -0.25) is 0 Å². The minimum atomic E-state index is 0.0170. The van der Waals surface area contributed by atoms with Gasteiger partial charge in [0.1, 0.15) is 0 Å². The largest absolute Gasteiger partial charge is 0.334 e. The number of rotatable bonds is 3. The van der Waals surface area contributed by atoms with Gasteiger partial charge in [-0.2, -0.15) is 5.10 Å². The highest BCUT2D eigenvalue weighted by atomic mass is 35.5. The highest BCUT2D eigenvalue weighted by molar-refractivity contribution is 6.30. The van der Waals surface area contributed by atoms with Crippen LogP contribution >= 0.6 is 11.6 Å². The molecule has 2 amide bonds. The van der Waals surface area contributed by atoms with Crippen LogP contribution in [0.3, 0.4) is 0 Å². The molecule has 3 rings (SSSR count). The Balaban J connectivity index is 1.55. The second-order valence-corrected chi connectivity index (χ2v) is 6.89. The third-order valence-electron chi connectivity index (χ3n) is 4.47. The molecule has 0 bridgehead atoms. The third kappa shape index (κ3) is 4.29. The maximum atomic E-state index is 12.3. The minimum Gasteiger partial charge on any atom is -0.334 e. The zero-order valence-corrected chi connectivity index (χ0v) is 14.7. The Bertz CT molecular complexity index is 683. The number of amides is 2. The van der Waals surface area contributed by atoms with E-state index in [0.717, 1.165) is 37.2 Å². The third-order valence-corrected chi connectivity index (χ3v) is 4.73. The molecule has 5 nitrogen and oxygen atoms in total. The zero-order valence-electron chi connectivity index (χ0n) is 13.9. The highest BCUT2D eigenvalue weighted by Crippen LogP contribution is 2.17. The van der Waals surface area contributed by atoms with Crippen LogP contribution in [0, 0.1) is 5.92 Å². The molecule has 2 heterocycles. The van der Waals surface area contributed by atoms with E-state index >= 15 is 0 Å². The summed E-state index contributed by atoms with van der Waals surface area (Å²) in [5, 5.41) is 8.04. The molecule has 2 aromatic rings. The van der Waals surface area contributed by atoms with Crippen LogP contribution in [-0.2, 0) is 6.54 Å². The molecule has 24 heavy (non-hydrogen) atoms. The fraction of sp³-hybridized carbons (Fsp3) is 0.444. The van der Waals surface area contributed by atoms with Gasteiger partial charge in [0.15, 0.2) is 0 Å². The molecule has 1 atom stereocenters. The SMILES string of the molecule is CC1CCCN(C(=O)NCc2cnn(-c3ccc(Cl)cc3)c2)CC1. The van der Waals surface area contributed by atoms with Crippen molar-refractivity contribution in [2.24, 2.45) is 5.92 Å². The van der Waals surface area contributed by atoms with Gasteiger partial charge in [-0.1, -0.05) is 18.5 Å². The van der Waals surface area contributed by atoms with Crippen molar-refractivity contribution in [2.75, 3.05) is 13.1 Å². The summed E-state index contributed by atoms with van der Waals surface area (Å²) in [6, 6.07) is 7.51. The predicted molar refractivity (Wildman–Crippen MR) is 95.4 cm³/mol. The molecule has 0 spiro atoms. The standard InChI is InChI=1S/C18H23ClN4O/c1-14-3-2-9-22(10-8-14)18(24)20-11-15-12-21-23(13-15)17-6-4-16(19)5-7-17/h4-7,12-14H,2-3,8-11H2,1H3,(H,20,24). The number of hydrogen-bond donors (Lipinski definition) is 1. The molecule has 128 valence electrons. The minimum absolute atomic E-state index is 0.0170. The van der Waals surface area contributed by atoms with Crippen LogP contribution in [0.25, 0.3) is 5.69 Å². The van der Waals surface area contributed by atoms with E-state index in [1.807, 2.05) is 35.4 Å². The average Bonchev–Trinajstić information content (AvgIpc) is 2.94. The molecule has 1 aliphatic heterocycles. The van der Waals surface area contributed by atoms with Crippen molar-refractivity contribution in [1.29, 1.82) is 0 Å². The van der Waals surface area contributed by atoms with Crippen LogP contribution in [0.15, 0.2) is 36.7 Å². The van der Waals surface area contributed by atoms with Crippen molar-refractivity contribution < 1.29 is 4.79 Å². The van der Waals surface area contributed by atoms with Crippen LogP contribution in [0.4, 0.5) is 4.79 Å². The maximum Gasteiger partial charge on any atom is 0.317 e. The lowest BCUT2D eigenvalue weighted by atomic mass is 10.0. The molecule has 1 aromatic carbocycles. The van der Waals surface area contributed by atoms with E-state index in [1.54, 1.807) is 10.9 Å². The zero-order chi connectivity index (χ0) is 16.9. The van der Waals surface area contributed by atoms with Gasteiger partial charge in [0, 0.05) is 36.4 Å². The molecule has 0 saturated carbocycles. The Hall–Kier alpha value is -2.01. The van der Waals surface area contributed by atoms with E-state index in [0.29, 0.717) is 17.5 Å². The van der Waals surface area contributed by atoms with Gasteiger partial charge in [0.05, 0.1) is 11.9 Å². The Morgan fingerprint density at radius 3 is 2.88 bits per heavy atom. The van der Waals surface area contributed by atoms with Crippen molar-refractivity contribution in [3.8, 4) is 5.69 Å². The number of nitrogens with one attached hydrogen (secondary N) is 1. The second kappa shape index (κ2) is 7.71. The number of hydrogen-bond acceptors (Lipinski definition) is 2. The summed E-state index contributed by atoms with van der Waals surface area (Å²) in [6.07, 6.45) is 7.08. The van der Waals surface area contributed by atoms with E-state index < -0.39 is 0 Å². The van der Waals surface area contributed by atoms with Crippen LogP contribution in [0.5, 0.6) is 0 Å². The summed E-state index contributed by atoms with van der Waals surface area (Å²) in [7, 11) is 0. The number of urea groups is 1. The second-order valence-electron chi connectivity index (χ2n) is 6.45. The van der Waals surface area contributed by atoms with E-state index in [4.69, 9.17) is 11.6 Å². The van der Waals surface area contributed by atoms with Crippen molar-refractivity contribution in [3.05, 3.63) is 47.2 Å². The average molecular weight is 347 g/mol. The normalized spacial score (nSPS) is 18.2. The fourth-order valence-corrected chi connectivity index (χ4v) is 3.07. The number of carbonyl (C=O) groups is 1. The van der Waals surface area contributed by atoms with E-state index in [1.165, 1.54) is 6.42 Å². The van der Waals surface area contributed by atoms with E-state index in [2.05, 4.69) is 17.3 Å². The van der Waals surface area contributed by atoms with Gasteiger partial charge in [-0.05, 0) is 49.4 Å². The smallest absolute Gasteiger partial charge is 0.317 e. The van der Waals surface area contributed by atoms with Gasteiger partial charge in [0.2, 0.25) is 0 Å². The monoisotopic (exact) mass is 346 g/mol. The van der Waals surface area contributed by atoms with Gasteiger partial charge in [-0.25, -0.2) is 9.48 Å². The van der Waals surface area contributed by atoms with Gasteiger partial charge >= 0.3 is 6.03 Å². The fourth-order valence-electron chi connectivity index (χ4n) is 2.94. The summed E-state index contributed by atoms with van der Waals surface area (Å²) in [6.45, 7) is 4.43. The van der Waals surface area contributed by atoms with Crippen molar-refractivity contribution >= 4 is 17.6 Å². The summed E-state index contributed by atoms with van der Waals surface area (Å²) < 4.78 is 1.78. The van der Waals surface area contributed by atoms with Gasteiger partial charge in [-0.15, -0.1) is 0 Å². The molecule has 1 fully saturated rings. The number of benzene rings is 1. The Kier molecular flexibility index (Phi) is 5.41. The number of nitrogens with zero attached hydrogens (tertiary/aromatic N) is 3. The van der Waals surface area contributed by atoms with Crippen LogP contribution in [0.2, 0.25) is 5.02 Å². The van der Waals surface area contributed by atoms with E-state index in [-0.39, 0.29) is 6.03 Å². The number of halogens is 1. The van der Waals surface area contributed by atoms with Crippen LogP contribution < -0.4 is 5.32 Å². The number of likely N-dealkylation sites (tertiary alicyclic amines) is 1. The molecule has 1 unspecified atom stereocenters. The highest BCUT2D eigenvalue weighted by Gasteiger charge is 2.18. The summed E-state index contributed by atoms with van der Waals surface area (Å²) in [4.78, 5) is 14.2. The lowest BCUT2D eigenvalue weighted by Gasteiger charge is -2.20. The molecule has 1 N–H and O–H groups in total. The first-order valence-corrected chi connectivity index (χ1v) is 8.82. The van der Waals surface area contributed by atoms with Crippen molar-refractivity contribution in [2.45, 2.75) is 32.7 Å². The Labute approximate surface area is 147 Å². The number of carbonyl (C=O) groups excluding carboxylic acids is 1. The topological polar surface area (TPSA) is 50.2 Å². The van der Waals surface area contributed by atoms with Crippen LogP contribution in [-0.4, -0.2) is 33.8 Å². The molecule has 0 aliphatic carbocycles. The molecular weight excluding hydrogens is 324 g/mol. The summed E-state index contributed by atoms with van der Waals surface area (Å²) >= 11 is 5.90. The van der Waals surface area contributed by atoms with Gasteiger partial charge in [0.25, 0.3) is 0 Å². The molecule has 1 aromatic heterocycles. The quantitative estimate of drug-likeness (QED) is 0.917. The van der Waals surface area contributed by atoms with E-state index in [9.17, 15) is 4.79 Å². The predicted octanol–water partition coefficient (Wildman–Crippen LogP) is 3.86. The lowest BCUT2D eigenvalue weighted by molar-refractivity contribution is 0.199. The summed E-state index contributed by atoms with van der Waals surface area (Å²) in [5.74, 6) is 0.709.